The molecule has 0 aliphatic carbocycles. The lowest BCUT2D eigenvalue weighted by molar-refractivity contribution is -0.151. The number of aliphatic hydroxyl groups excluding tert-OH is 2. The third-order valence-electron chi connectivity index (χ3n) is 12.4. The Labute approximate surface area is 426 Å². The molecular formula is C63H107NO5. The number of carbonyl (C=O) groups is 2. The highest BCUT2D eigenvalue weighted by Gasteiger charge is 2.24. The van der Waals surface area contributed by atoms with Crippen molar-refractivity contribution in [3.8, 4) is 0 Å². The number of allylic oxidation sites excluding steroid dienone is 18. The van der Waals surface area contributed by atoms with Crippen LogP contribution < -0.4 is 5.32 Å². The summed E-state index contributed by atoms with van der Waals surface area (Å²) in [6.07, 6.45) is 75.7. The van der Waals surface area contributed by atoms with Gasteiger partial charge in [-0.1, -0.05) is 265 Å². The van der Waals surface area contributed by atoms with Crippen LogP contribution in [0.1, 0.15) is 252 Å². The fourth-order valence-corrected chi connectivity index (χ4v) is 8.10. The van der Waals surface area contributed by atoms with Gasteiger partial charge in [0.05, 0.1) is 25.2 Å². The highest BCUT2D eigenvalue weighted by molar-refractivity contribution is 5.77. The Morgan fingerprint density at radius 1 is 0.435 bits per heavy atom. The predicted molar refractivity (Wildman–Crippen MR) is 300 cm³/mol. The molecule has 0 radical (unpaired) electrons. The van der Waals surface area contributed by atoms with E-state index in [2.05, 4.69) is 111 Å². The van der Waals surface area contributed by atoms with Gasteiger partial charge in [0.15, 0.2) is 0 Å². The molecular weight excluding hydrogens is 851 g/mol. The number of esters is 1. The van der Waals surface area contributed by atoms with E-state index >= 15 is 0 Å². The maximum absolute atomic E-state index is 13.3. The molecule has 0 saturated heterocycles. The second-order valence-corrected chi connectivity index (χ2v) is 19.1. The molecule has 0 aromatic heterocycles. The number of rotatable bonds is 50. The molecule has 3 atom stereocenters. The summed E-state index contributed by atoms with van der Waals surface area (Å²) in [6, 6.07) is -0.733. The zero-order valence-electron chi connectivity index (χ0n) is 44.9. The van der Waals surface area contributed by atoms with Crippen molar-refractivity contribution < 1.29 is 24.5 Å². The molecule has 0 spiro atoms. The minimum Gasteiger partial charge on any atom is -0.462 e. The van der Waals surface area contributed by atoms with Gasteiger partial charge in [-0.05, 0) is 83.5 Å². The van der Waals surface area contributed by atoms with E-state index in [1.807, 2.05) is 24.3 Å². The molecule has 0 aromatic rings. The number of nitrogens with one attached hydrogen (secondary N) is 1. The van der Waals surface area contributed by atoms with Crippen LogP contribution in [0.25, 0.3) is 0 Å². The van der Waals surface area contributed by atoms with Crippen molar-refractivity contribution in [1.82, 2.24) is 5.32 Å². The number of carbonyl (C=O) groups excluding carboxylic acids is 2. The predicted octanol–water partition coefficient (Wildman–Crippen LogP) is 17.8. The van der Waals surface area contributed by atoms with Crippen molar-refractivity contribution in [3.05, 3.63) is 109 Å². The van der Waals surface area contributed by atoms with Crippen molar-refractivity contribution in [2.24, 2.45) is 0 Å². The van der Waals surface area contributed by atoms with Gasteiger partial charge in [-0.15, -0.1) is 0 Å². The maximum Gasteiger partial charge on any atom is 0.306 e. The Morgan fingerprint density at radius 2 is 0.841 bits per heavy atom. The van der Waals surface area contributed by atoms with Crippen molar-refractivity contribution in [2.45, 2.75) is 270 Å². The van der Waals surface area contributed by atoms with Crippen LogP contribution in [0.2, 0.25) is 0 Å². The zero-order valence-corrected chi connectivity index (χ0v) is 44.9. The molecule has 0 saturated carbocycles. The third kappa shape index (κ3) is 50.7. The average Bonchev–Trinajstić information content (AvgIpc) is 3.34. The van der Waals surface area contributed by atoms with Crippen molar-refractivity contribution in [1.29, 1.82) is 0 Å². The Bertz CT molecular complexity index is 1400. The van der Waals surface area contributed by atoms with E-state index in [0.717, 1.165) is 96.3 Å². The fraction of sp³-hybridized carbons (Fsp3) is 0.683. The summed E-state index contributed by atoms with van der Waals surface area (Å²) in [7, 11) is 0. The Hall–Kier alpha value is -3.48. The highest BCUT2D eigenvalue weighted by atomic mass is 16.5. The van der Waals surface area contributed by atoms with Crippen LogP contribution in [0.3, 0.4) is 0 Å². The monoisotopic (exact) mass is 958 g/mol. The van der Waals surface area contributed by atoms with Crippen molar-refractivity contribution in [2.75, 3.05) is 6.61 Å². The molecule has 0 fully saturated rings. The summed E-state index contributed by atoms with van der Waals surface area (Å²) in [4.78, 5) is 26.3. The zero-order chi connectivity index (χ0) is 50.2. The summed E-state index contributed by atoms with van der Waals surface area (Å²) in [6.45, 7) is 6.36. The van der Waals surface area contributed by atoms with Gasteiger partial charge in [0.1, 0.15) is 6.10 Å². The lowest BCUT2D eigenvalue weighted by Crippen LogP contribution is -2.46. The van der Waals surface area contributed by atoms with Gasteiger partial charge in [-0.2, -0.15) is 0 Å². The molecule has 0 aliphatic heterocycles. The van der Waals surface area contributed by atoms with Crippen LogP contribution in [0.4, 0.5) is 0 Å². The molecule has 3 N–H and O–H groups in total. The van der Waals surface area contributed by atoms with Crippen LogP contribution in [0.15, 0.2) is 109 Å². The molecule has 6 nitrogen and oxygen atoms in total. The largest absolute Gasteiger partial charge is 0.462 e. The van der Waals surface area contributed by atoms with Gasteiger partial charge in [-0.3, -0.25) is 9.59 Å². The van der Waals surface area contributed by atoms with Crippen LogP contribution >= 0.6 is 0 Å². The maximum atomic E-state index is 13.3. The van der Waals surface area contributed by atoms with Gasteiger partial charge in [0.25, 0.3) is 0 Å². The van der Waals surface area contributed by atoms with Crippen LogP contribution in [-0.4, -0.2) is 46.9 Å². The standard InChI is InChI=1S/C63H107NO5/c1-4-7-10-13-16-19-22-25-28-30-32-35-38-41-44-47-50-53-56-63(68)69-59(54-51-48-45-42-39-36-34-31-29-26-23-20-17-14-11-8-5-2)57-62(67)64-60(58-65)61(66)55-52-49-46-43-40-37-33-27-24-21-18-15-12-9-6-3/h10,13,16-17,19-20,22,25-26,28-30,32,34-36,42,45,59-61,65-66H,4-9,11-12,14-15,18,21,23-24,27,31,33,37-41,43-44,46-58H2,1-3H3,(H,64,67)/b13-10+,19-16+,20-17-,25-22+,29-26-,30-28+,35-32+,36-34-,45-42-. The summed E-state index contributed by atoms with van der Waals surface area (Å²) in [5.41, 5.74) is 0. The summed E-state index contributed by atoms with van der Waals surface area (Å²) in [5.74, 6) is -0.561. The first-order chi connectivity index (χ1) is 34.0. The van der Waals surface area contributed by atoms with Crippen molar-refractivity contribution >= 4 is 11.9 Å². The van der Waals surface area contributed by atoms with Gasteiger partial charge in [-0.25, -0.2) is 0 Å². The van der Waals surface area contributed by atoms with Gasteiger partial charge in [0.2, 0.25) is 5.91 Å². The molecule has 0 rings (SSSR count). The summed E-state index contributed by atoms with van der Waals surface area (Å²) < 4.78 is 5.92. The molecule has 394 valence electrons. The quantitative estimate of drug-likeness (QED) is 0.0244. The number of amides is 1. The first-order valence-electron chi connectivity index (χ1n) is 28.7. The van der Waals surface area contributed by atoms with Gasteiger partial charge in [0, 0.05) is 6.42 Å². The minimum atomic E-state index is -0.815. The molecule has 0 bridgehead atoms. The molecule has 69 heavy (non-hydrogen) atoms. The Kier molecular flexibility index (Phi) is 52.7. The number of ether oxygens (including phenoxy) is 1. The van der Waals surface area contributed by atoms with E-state index in [0.29, 0.717) is 19.3 Å². The third-order valence-corrected chi connectivity index (χ3v) is 12.4. The van der Waals surface area contributed by atoms with Crippen LogP contribution in [0.5, 0.6) is 0 Å². The molecule has 6 heteroatoms. The minimum absolute atomic E-state index is 0.0231. The number of unbranched alkanes of at least 4 members (excludes halogenated alkanes) is 24. The first kappa shape index (κ1) is 65.5. The topological polar surface area (TPSA) is 95.9 Å². The smallest absolute Gasteiger partial charge is 0.306 e. The molecule has 3 unspecified atom stereocenters. The van der Waals surface area contributed by atoms with E-state index in [4.69, 9.17) is 4.74 Å². The number of hydrogen-bond acceptors (Lipinski definition) is 5. The second kappa shape index (κ2) is 55.4. The fourth-order valence-electron chi connectivity index (χ4n) is 8.10. The highest BCUT2D eigenvalue weighted by Crippen LogP contribution is 2.17. The van der Waals surface area contributed by atoms with E-state index in [-0.39, 0.29) is 24.9 Å². The van der Waals surface area contributed by atoms with E-state index in [9.17, 15) is 19.8 Å². The van der Waals surface area contributed by atoms with Crippen LogP contribution in [-0.2, 0) is 14.3 Å². The first-order valence-corrected chi connectivity index (χ1v) is 28.7. The average molecular weight is 959 g/mol. The second-order valence-electron chi connectivity index (χ2n) is 19.1. The normalized spacial score (nSPS) is 14.0. The molecule has 0 aliphatic rings. The lowest BCUT2D eigenvalue weighted by atomic mass is 10.0. The van der Waals surface area contributed by atoms with E-state index < -0.39 is 18.2 Å². The van der Waals surface area contributed by atoms with Gasteiger partial charge < -0.3 is 20.3 Å². The van der Waals surface area contributed by atoms with E-state index in [1.165, 1.54) is 109 Å². The lowest BCUT2D eigenvalue weighted by Gasteiger charge is -2.24. The molecule has 0 heterocycles. The van der Waals surface area contributed by atoms with Crippen LogP contribution in [0, 0.1) is 0 Å². The molecule has 0 aromatic carbocycles. The van der Waals surface area contributed by atoms with Crippen molar-refractivity contribution in [3.63, 3.8) is 0 Å². The Balaban J connectivity index is 4.74. The van der Waals surface area contributed by atoms with E-state index in [1.54, 1.807) is 0 Å². The number of aliphatic hydroxyl groups is 2. The summed E-state index contributed by atoms with van der Waals surface area (Å²) in [5, 5.41) is 23.9. The molecule has 1 amide bonds. The van der Waals surface area contributed by atoms with Gasteiger partial charge >= 0.3 is 5.97 Å². The SMILES string of the molecule is CCC/C=C/C=C/C=C/C=C/C=C/CCCCCCCC(=O)OC(CCC/C=C\C/C=C\C/C=C\C/C=C\CCCCC)CC(=O)NC(CO)C(O)CCCCCCCCCCCCCCCCC. The summed E-state index contributed by atoms with van der Waals surface area (Å²) >= 11 is 0. The number of hydrogen-bond donors (Lipinski definition) is 3. The Morgan fingerprint density at radius 3 is 1.36 bits per heavy atom.